The Balaban J connectivity index is 1.95. The normalized spacial score (nSPS) is 10.1. The molecule has 0 aliphatic carbocycles. The van der Waals surface area contributed by atoms with Crippen LogP contribution in [0.5, 0.6) is 5.75 Å². The molecule has 2 aromatic rings. The summed E-state index contributed by atoms with van der Waals surface area (Å²) >= 11 is 0.934. The Bertz CT molecular complexity index is 699. The molecular formula is C14H15N3O4S. The van der Waals surface area contributed by atoms with Gasteiger partial charge >= 0.3 is 5.97 Å². The third-order valence-corrected chi connectivity index (χ3v) is 3.61. The van der Waals surface area contributed by atoms with Crippen LogP contribution >= 0.6 is 11.5 Å². The number of rotatable bonds is 5. The molecule has 0 aliphatic rings. The van der Waals surface area contributed by atoms with Crippen LogP contribution in [-0.4, -0.2) is 35.2 Å². The second kappa shape index (κ2) is 6.99. The number of nitrogens with zero attached hydrogens (tertiary/aromatic N) is 2. The Morgan fingerprint density at radius 2 is 2.09 bits per heavy atom. The van der Waals surface area contributed by atoms with Gasteiger partial charge in [-0.2, -0.15) is 0 Å². The van der Waals surface area contributed by atoms with Gasteiger partial charge in [0.05, 0.1) is 18.5 Å². The zero-order chi connectivity index (χ0) is 16.1. The van der Waals surface area contributed by atoms with Crippen LogP contribution in [0.3, 0.4) is 0 Å². The molecule has 0 fully saturated rings. The average Bonchev–Trinajstić information content (AvgIpc) is 2.91. The Kier molecular flexibility index (Phi) is 5.05. The van der Waals surface area contributed by atoms with Gasteiger partial charge in [-0.25, -0.2) is 4.79 Å². The summed E-state index contributed by atoms with van der Waals surface area (Å²) in [5.74, 6) is -0.529. The third kappa shape index (κ3) is 3.79. The highest BCUT2D eigenvalue weighted by molar-refractivity contribution is 7.07. The molecule has 116 valence electrons. The molecule has 0 saturated carbocycles. The van der Waals surface area contributed by atoms with Gasteiger partial charge in [-0.3, -0.25) is 4.79 Å². The van der Waals surface area contributed by atoms with E-state index >= 15 is 0 Å². The fourth-order valence-electron chi connectivity index (χ4n) is 1.72. The summed E-state index contributed by atoms with van der Waals surface area (Å²) in [5, 5.41) is 6.36. The average molecular weight is 321 g/mol. The third-order valence-electron chi connectivity index (χ3n) is 2.80. The summed E-state index contributed by atoms with van der Waals surface area (Å²) in [6.07, 6.45) is 0. The maximum absolute atomic E-state index is 11.9. The molecule has 0 unspecified atom stereocenters. The molecule has 1 amide bonds. The summed E-state index contributed by atoms with van der Waals surface area (Å²) < 4.78 is 13.8. The molecular weight excluding hydrogens is 306 g/mol. The lowest BCUT2D eigenvalue weighted by molar-refractivity contribution is -0.119. The maximum Gasteiger partial charge on any atom is 0.352 e. The number of nitrogens with one attached hydrogen (secondary N) is 1. The molecule has 0 radical (unpaired) electrons. The molecule has 1 heterocycles. The highest BCUT2D eigenvalue weighted by atomic mass is 32.1. The van der Waals surface area contributed by atoms with Crippen molar-refractivity contribution in [2.24, 2.45) is 0 Å². The molecule has 7 nitrogen and oxygen atoms in total. The molecule has 2 rings (SSSR count). The molecule has 8 heteroatoms. The van der Waals surface area contributed by atoms with E-state index in [9.17, 15) is 9.59 Å². The summed E-state index contributed by atoms with van der Waals surface area (Å²) in [7, 11) is 1.51. The van der Waals surface area contributed by atoms with Crippen LogP contribution in [0.1, 0.15) is 20.9 Å². The summed E-state index contributed by atoms with van der Waals surface area (Å²) in [6, 6.07) is 5.40. The molecule has 0 saturated heterocycles. The van der Waals surface area contributed by atoms with Crippen LogP contribution in [0.4, 0.5) is 5.69 Å². The molecule has 0 bridgehead atoms. The fourth-order valence-corrected chi connectivity index (χ4v) is 2.27. The number of aryl methyl sites for hydroxylation is 2. The van der Waals surface area contributed by atoms with E-state index in [1.165, 1.54) is 7.11 Å². The number of aromatic nitrogens is 2. The standard InChI is InChI=1S/C14H15N3O4S/c1-8-4-5-11(20-3)10(6-8)15-12(18)7-21-14(19)13-9(2)16-17-22-13/h4-6H,7H2,1-3H3,(H,15,18). The van der Waals surface area contributed by atoms with Crippen molar-refractivity contribution in [1.82, 2.24) is 9.59 Å². The van der Waals surface area contributed by atoms with E-state index in [1.54, 1.807) is 19.1 Å². The molecule has 22 heavy (non-hydrogen) atoms. The van der Waals surface area contributed by atoms with Gasteiger partial charge in [-0.05, 0) is 43.1 Å². The number of esters is 1. The van der Waals surface area contributed by atoms with Gasteiger partial charge in [0.2, 0.25) is 0 Å². The minimum Gasteiger partial charge on any atom is -0.495 e. The minimum absolute atomic E-state index is 0.293. The van der Waals surface area contributed by atoms with Gasteiger partial charge in [-0.1, -0.05) is 10.6 Å². The number of amides is 1. The number of carbonyl (C=O) groups excluding carboxylic acids is 2. The van der Waals surface area contributed by atoms with Gasteiger partial charge < -0.3 is 14.8 Å². The molecule has 1 N–H and O–H groups in total. The monoisotopic (exact) mass is 321 g/mol. The largest absolute Gasteiger partial charge is 0.495 e. The predicted octanol–water partition coefficient (Wildman–Crippen LogP) is 1.96. The smallest absolute Gasteiger partial charge is 0.352 e. The van der Waals surface area contributed by atoms with Crippen LogP contribution in [0.15, 0.2) is 18.2 Å². The number of methoxy groups -OCH3 is 1. The van der Waals surface area contributed by atoms with Crippen molar-refractivity contribution in [2.75, 3.05) is 19.0 Å². The van der Waals surface area contributed by atoms with E-state index in [2.05, 4.69) is 14.9 Å². The van der Waals surface area contributed by atoms with E-state index in [0.29, 0.717) is 22.0 Å². The second-order valence-electron chi connectivity index (χ2n) is 4.52. The van der Waals surface area contributed by atoms with E-state index in [1.807, 2.05) is 13.0 Å². The Morgan fingerprint density at radius 3 is 2.73 bits per heavy atom. The molecule has 0 atom stereocenters. The van der Waals surface area contributed by atoms with Crippen LogP contribution in [0.25, 0.3) is 0 Å². The van der Waals surface area contributed by atoms with Crippen molar-refractivity contribution < 1.29 is 19.1 Å². The summed E-state index contributed by atoms with van der Waals surface area (Å²) in [4.78, 5) is 23.9. The van der Waals surface area contributed by atoms with Gasteiger partial charge in [0.25, 0.3) is 5.91 Å². The lowest BCUT2D eigenvalue weighted by atomic mass is 10.2. The van der Waals surface area contributed by atoms with Gasteiger partial charge in [0.15, 0.2) is 11.5 Å². The van der Waals surface area contributed by atoms with Crippen molar-refractivity contribution in [3.05, 3.63) is 34.3 Å². The lowest BCUT2D eigenvalue weighted by Crippen LogP contribution is -2.21. The van der Waals surface area contributed by atoms with Crippen LogP contribution in [-0.2, 0) is 9.53 Å². The summed E-state index contributed by atoms with van der Waals surface area (Å²) in [6.45, 7) is 3.15. The zero-order valence-corrected chi connectivity index (χ0v) is 13.2. The van der Waals surface area contributed by atoms with E-state index in [-0.39, 0.29) is 0 Å². The minimum atomic E-state index is -0.612. The van der Waals surface area contributed by atoms with Gasteiger partial charge in [0, 0.05) is 0 Å². The highest BCUT2D eigenvalue weighted by Gasteiger charge is 2.16. The van der Waals surface area contributed by atoms with Gasteiger partial charge in [-0.15, -0.1) is 5.10 Å². The zero-order valence-electron chi connectivity index (χ0n) is 12.4. The topological polar surface area (TPSA) is 90.4 Å². The quantitative estimate of drug-likeness (QED) is 0.847. The Labute approximate surface area is 131 Å². The van der Waals surface area contributed by atoms with Crippen LogP contribution < -0.4 is 10.1 Å². The van der Waals surface area contributed by atoms with Crippen molar-refractivity contribution in [3.63, 3.8) is 0 Å². The first-order valence-corrected chi connectivity index (χ1v) is 7.19. The lowest BCUT2D eigenvalue weighted by Gasteiger charge is -2.11. The van der Waals surface area contributed by atoms with E-state index in [0.717, 1.165) is 17.1 Å². The SMILES string of the molecule is COc1ccc(C)cc1NC(=O)COC(=O)c1snnc1C. The van der Waals surface area contributed by atoms with Crippen molar-refractivity contribution in [2.45, 2.75) is 13.8 Å². The van der Waals surface area contributed by atoms with Crippen LogP contribution in [0.2, 0.25) is 0 Å². The Hall–Kier alpha value is -2.48. The number of ether oxygens (including phenoxy) is 2. The molecule has 0 spiro atoms. The number of hydrogen-bond acceptors (Lipinski definition) is 7. The van der Waals surface area contributed by atoms with Crippen molar-refractivity contribution >= 4 is 29.1 Å². The first-order valence-electron chi connectivity index (χ1n) is 6.42. The van der Waals surface area contributed by atoms with E-state index < -0.39 is 18.5 Å². The highest BCUT2D eigenvalue weighted by Crippen LogP contribution is 2.25. The summed E-state index contributed by atoms with van der Waals surface area (Å²) in [5.41, 5.74) is 1.98. The molecule has 1 aromatic heterocycles. The van der Waals surface area contributed by atoms with Crippen LogP contribution in [0, 0.1) is 13.8 Å². The van der Waals surface area contributed by atoms with E-state index in [4.69, 9.17) is 9.47 Å². The second-order valence-corrected chi connectivity index (χ2v) is 5.27. The predicted molar refractivity (Wildman–Crippen MR) is 81.3 cm³/mol. The number of benzene rings is 1. The van der Waals surface area contributed by atoms with Gasteiger partial charge in [0.1, 0.15) is 5.75 Å². The maximum atomic E-state index is 11.9. The fraction of sp³-hybridized carbons (Fsp3) is 0.286. The first kappa shape index (κ1) is 15.9. The first-order chi connectivity index (χ1) is 10.5. The Morgan fingerprint density at radius 1 is 1.32 bits per heavy atom. The van der Waals surface area contributed by atoms with Crippen molar-refractivity contribution in [1.29, 1.82) is 0 Å². The number of hydrogen-bond donors (Lipinski definition) is 1. The molecule has 1 aromatic carbocycles. The van der Waals surface area contributed by atoms with Crippen molar-refractivity contribution in [3.8, 4) is 5.75 Å². The number of carbonyl (C=O) groups is 2. The molecule has 0 aliphatic heterocycles. The number of anilines is 1.